The summed E-state index contributed by atoms with van der Waals surface area (Å²) in [5, 5.41) is 7.06. The zero-order valence-electron chi connectivity index (χ0n) is 21.6. The predicted molar refractivity (Wildman–Crippen MR) is 151 cm³/mol. The molecule has 7 nitrogen and oxygen atoms in total. The van der Waals surface area contributed by atoms with Gasteiger partial charge in [-0.2, -0.15) is 18.3 Å². The van der Waals surface area contributed by atoms with Crippen LogP contribution in [0.5, 0.6) is 0 Å². The first-order valence-corrected chi connectivity index (χ1v) is 12.5. The Kier molecular flexibility index (Phi) is 7.95. The molecule has 5 rings (SSSR count). The number of nitrogens with zero attached hydrogens (tertiary/aromatic N) is 5. The minimum Gasteiger partial charge on any atom is -0.354 e. The van der Waals surface area contributed by atoms with E-state index in [1.165, 1.54) is 18.5 Å². The Labute approximate surface area is 233 Å². The van der Waals surface area contributed by atoms with Crippen LogP contribution in [0.15, 0.2) is 107 Å². The number of benzene rings is 2. The quantitative estimate of drug-likeness (QED) is 0.143. The lowest BCUT2D eigenvalue weighted by molar-refractivity contribution is -0.137. The van der Waals surface area contributed by atoms with E-state index in [1.54, 1.807) is 31.2 Å². The second-order valence-corrected chi connectivity index (χ2v) is 9.00. The van der Waals surface area contributed by atoms with Gasteiger partial charge >= 0.3 is 6.18 Å². The van der Waals surface area contributed by atoms with Gasteiger partial charge in [0.05, 0.1) is 47.3 Å². The number of aromatic nitrogens is 3. The third-order valence-electron chi connectivity index (χ3n) is 6.03. The molecule has 41 heavy (non-hydrogen) atoms. The zero-order valence-corrected chi connectivity index (χ0v) is 21.6. The summed E-state index contributed by atoms with van der Waals surface area (Å²) < 4.78 is 53.8. The summed E-state index contributed by atoms with van der Waals surface area (Å²) in [7, 11) is 0. The lowest BCUT2D eigenvalue weighted by Crippen LogP contribution is -2.09. The maximum Gasteiger partial charge on any atom is 0.416 e. The number of anilines is 3. The summed E-state index contributed by atoms with van der Waals surface area (Å²) in [6.45, 7) is 1.79. The van der Waals surface area contributed by atoms with Gasteiger partial charge in [0.1, 0.15) is 5.69 Å². The second kappa shape index (κ2) is 11.9. The molecule has 2 aromatic heterocycles. The monoisotopic (exact) mass is 557 g/mol. The molecule has 4 aromatic rings. The minimum atomic E-state index is -4.44. The molecular formula is C30H23F4N7. The highest BCUT2D eigenvalue weighted by molar-refractivity contribution is 6.08. The highest BCUT2D eigenvalue weighted by Gasteiger charge is 2.30. The third kappa shape index (κ3) is 6.88. The average molecular weight is 558 g/mol. The topological polar surface area (TPSA) is 87.5 Å². The number of allylic oxidation sites excluding steroid dienone is 3. The van der Waals surface area contributed by atoms with Gasteiger partial charge in [0, 0.05) is 5.69 Å². The first-order valence-electron chi connectivity index (χ1n) is 12.5. The Morgan fingerprint density at radius 2 is 1.78 bits per heavy atom. The Bertz CT molecular complexity index is 1660. The first kappa shape index (κ1) is 27.4. The number of rotatable bonds is 7. The standard InChI is InChI=1S/C30H23F4N7/c1-19-14-23(35-18-27(19)38-22-11-7-10-21(15-22)30(32,33)34)16-37-41-29-36-17-24(31)28(40-29)26-13-6-5-12-25(39-26)20-8-3-2-4-9-20/h2-18,25,38H,1H3,(H,36,40,41)/b37-16+. The fourth-order valence-corrected chi connectivity index (χ4v) is 3.99. The molecule has 1 aliphatic rings. The van der Waals surface area contributed by atoms with Gasteiger partial charge in [-0.3, -0.25) is 9.98 Å². The molecule has 0 saturated carbocycles. The van der Waals surface area contributed by atoms with Crippen molar-refractivity contribution in [3.8, 4) is 0 Å². The van der Waals surface area contributed by atoms with Crippen LogP contribution in [0.4, 0.5) is 34.9 Å². The number of aliphatic imine (C=N–C) groups is 1. The van der Waals surface area contributed by atoms with E-state index in [2.05, 4.69) is 35.8 Å². The van der Waals surface area contributed by atoms with E-state index in [1.807, 2.05) is 42.5 Å². The Morgan fingerprint density at radius 3 is 2.56 bits per heavy atom. The number of alkyl halides is 3. The fourth-order valence-electron chi connectivity index (χ4n) is 3.99. The van der Waals surface area contributed by atoms with Crippen molar-refractivity contribution >= 4 is 29.2 Å². The number of hydrogen-bond donors (Lipinski definition) is 2. The number of hydrogen-bond acceptors (Lipinski definition) is 7. The Morgan fingerprint density at radius 1 is 0.951 bits per heavy atom. The lowest BCUT2D eigenvalue weighted by Gasteiger charge is -2.12. The highest BCUT2D eigenvalue weighted by Crippen LogP contribution is 2.31. The number of halogens is 4. The van der Waals surface area contributed by atoms with Gasteiger partial charge in [-0.15, -0.1) is 0 Å². The van der Waals surface area contributed by atoms with Crippen molar-refractivity contribution in [2.75, 3.05) is 10.7 Å². The summed E-state index contributed by atoms with van der Waals surface area (Å²) >= 11 is 0. The van der Waals surface area contributed by atoms with Crippen LogP contribution in [0.25, 0.3) is 0 Å². The van der Waals surface area contributed by atoms with Crippen molar-refractivity contribution in [2.24, 2.45) is 10.1 Å². The first-order chi connectivity index (χ1) is 19.8. The minimum absolute atomic E-state index is 0.0255. The van der Waals surface area contributed by atoms with Crippen LogP contribution in [-0.2, 0) is 6.18 Å². The summed E-state index contributed by atoms with van der Waals surface area (Å²) in [6, 6.07) is 16.0. The molecular weight excluding hydrogens is 534 g/mol. The van der Waals surface area contributed by atoms with Gasteiger partial charge in [-0.25, -0.2) is 19.8 Å². The van der Waals surface area contributed by atoms with E-state index in [4.69, 9.17) is 0 Å². The third-order valence-corrected chi connectivity index (χ3v) is 6.03. The van der Waals surface area contributed by atoms with Gasteiger partial charge in [-0.05, 0) is 48.4 Å². The smallest absolute Gasteiger partial charge is 0.354 e. The summed E-state index contributed by atoms with van der Waals surface area (Å²) in [5.41, 5.74) is 5.31. The van der Waals surface area contributed by atoms with Crippen molar-refractivity contribution in [1.29, 1.82) is 0 Å². The Hall–Kier alpha value is -5.19. The molecule has 0 bridgehead atoms. The molecule has 2 N–H and O–H groups in total. The highest BCUT2D eigenvalue weighted by atomic mass is 19.4. The van der Waals surface area contributed by atoms with Crippen molar-refractivity contribution in [3.63, 3.8) is 0 Å². The molecule has 2 aromatic carbocycles. The number of hydrazone groups is 1. The number of aryl methyl sites for hydroxylation is 1. The summed E-state index contributed by atoms with van der Waals surface area (Å²) in [6.07, 6.45) is 6.75. The van der Waals surface area contributed by atoms with Crippen LogP contribution in [0.3, 0.4) is 0 Å². The van der Waals surface area contributed by atoms with E-state index < -0.39 is 17.6 Å². The van der Waals surface area contributed by atoms with E-state index in [9.17, 15) is 17.6 Å². The van der Waals surface area contributed by atoms with Crippen LogP contribution in [0.2, 0.25) is 0 Å². The van der Waals surface area contributed by atoms with E-state index >= 15 is 0 Å². The van der Waals surface area contributed by atoms with Crippen molar-refractivity contribution in [2.45, 2.75) is 19.1 Å². The van der Waals surface area contributed by atoms with Gasteiger partial charge in [0.2, 0.25) is 5.95 Å². The molecule has 1 atom stereocenters. The van der Waals surface area contributed by atoms with Gasteiger partial charge < -0.3 is 5.32 Å². The normalized spacial score (nSPS) is 15.0. The molecule has 0 aliphatic carbocycles. The molecule has 1 aliphatic heterocycles. The maximum atomic E-state index is 14.7. The fraction of sp³-hybridized carbons (Fsp3) is 0.100. The molecule has 206 valence electrons. The number of nitrogens with one attached hydrogen (secondary N) is 2. The maximum absolute atomic E-state index is 14.7. The molecule has 0 saturated heterocycles. The largest absolute Gasteiger partial charge is 0.416 e. The molecule has 0 radical (unpaired) electrons. The van der Waals surface area contributed by atoms with Crippen molar-refractivity contribution in [3.05, 3.63) is 131 Å². The molecule has 0 amide bonds. The van der Waals surface area contributed by atoms with Crippen molar-refractivity contribution < 1.29 is 17.6 Å². The van der Waals surface area contributed by atoms with Gasteiger partial charge in [0.15, 0.2) is 5.82 Å². The molecule has 11 heteroatoms. The van der Waals surface area contributed by atoms with Crippen LogP contribution in [-0.4, -0.2) is 26.9 Å². The lowest BCUT2D eigenvalue weighted by atomic mass is 10.1. The molecule has 0 spiro atoms. The zero-order chi connectivity index (χ0) is 28.8. The summed E-state index contributed by atoms with van der Waals surface area (Å²) in [4.78, 5) is 17.2. The Balaban J connectivity index is 1.29. The van der Waals surface area contributed by atoms with Crippen molar-refractivity contribution in [1.82, 2.24) is 15.0 Å². The molecule has 1 unspecified atom stereocenters. The van der Waals surface area contributed by atoms with E-state index in [0.29, 0.717) is 17.1 Å². The van der Waals surface area contributed by atoms with Gasteiger partial charge in [0.25, 0.3) is 0 Å². The van der Waals surface area contributed by atoms with Crippen LogP contribution >= 0.6 is 0 Å². The molecule has 0 fully saturated rings. The summed E-state index contributed by atoms with van der Waals surface area (Å²) in [5.74, 6) is -0.570. The van der Waals surface area contributed by atoms with Crippen LogP contribution in [0.1, 0.15) is 34.1 Å². The second-order valence-electron chi connectivity index (χ2n) is 9.00. The van der Waals surface area contributed by atoms with E-state index in [-0.39, 0.29) is 23.4 Å². The van der Waals surface area contributed by atoms with Gasteiger partial charge in [-0.1, -0.05) is 54.6 Å². The van der Waals surface area contributed by atoms with Crippen LogP contribution in [0, 0.1) is 12.7 Å². The van der Waals surface area contributed by atoms with E-state index in [0.717, 1.165) is 29.5 Å². The van der Waals surface area contributed by atoms with Crippen LogP contribution < -0.4 is 10.7 Å². The molecule has 3 heterocycles. The number of pyridine rings is 1. The SMILES string of the molecule is Cc1cc(/C=N/Nc2ncc(F)c(C3=NC(c4ccccc4)C=CC=C3)n2)ncc1Nc1cccc(C(F)(F)F)c1. The predicted octanol–water partition coefficient (Wildman–Crippen LogP) is 7.18. The average Bonchev–Trinajstić information content (AvgIpc) is 3.22.